The number of nitrogens with one attached hydrogen (secondary N) is 1. The molecule has 3 fully saturated rings. The molecule has 7 nitrogen and oxygen atoms in total. The predicted octanol–water partition coefficient (Wildman–Crippen LogP) is 2.28. The van der Waals surface area contributed by atoms with Gasteiger partial charge in [-0.25, -0.2) is 9.97 Å². The lowest BCUT2D eigenvalue weighted by atomic mass is 9.81. The van der Waals surface area contributed by atoms with Gasteiger partial charge in [-0.1, -0.05) is 0 Å². The Balaban J connectivity index is 1.33. The molecule has 4 heterocycles. The fraction of sp³-hybridized carbons (Fsp3) is 0.739. The number of nitrogens with zero attached hydrogens (tertiary/aromatic N) is 4. The molecule has 0 amide bonds. The Labute approximate surface area is 178 Å². The standard InChI is InChI=1S/C23H35N5O2/c29-16-28-14-20(18-5-11-30-12-6-18)22-21(25-15-26-23(22)28)13-17-1-3-19(4-2-17)27-9-7-24-8-10-27/h14-15,17-19,24,29H,1-13,16H2. The van der Waals surface area contributed by atoms with Crippen LogP contribution >= 0.6 is 0 Å². The first-order chi connectivity index (χ1) is 14.8. The Morgan fingerprint density at radius 1 is 1.03 bits per heavy atom. The molecule has 0 spiro atoms. The summed E-state index contributed by atoms with van der Waals surface area (Å²) in [5, 5.41) is 14.5. The number of hydrogen-bond donors (Lipinski definition) is 2. The third-order valence-electron chi connectivity index (χ3n) is 7.54. The van der Waals surface area contributed by atoms with E-state index in [2.05, 4.69) is 21.4 Å². The first kappa shape index (κ1) is 20.4. The number of ether oxygens (including phenoxy) is 1. The topological polar surface area (TPSA) is 75.4 Å². The molecule has 0 atom stereocenters. The van der Waals surface area contributed by atoms with Gasteiger partial charge in [-0.3, -0.25) is 4.90 Å². The van der Waals surface area contributed by atoms with Crippen molar-refractivity contribution in [2.24, 2.45) is 5.92 Å². The first-order valence-corrected chi connectivity index (χ1v) is 11.8. The Hall–Kier alpha value is -1.54. The molecule has 2 aromatic heterocycles. The Bertz CT molecular complexity index is 833. The molecule has 0 aromatic carbocycles. The second-order valence-corrected chi connectivity index (χ2v) is 9.27. The Morgan fingerprint density at radius 2 is 1.80 bits per heavy atom. The minimum Gasteiger partial charge on any atom is -0.381 e. The molecule has 2 aliphatic heterocycles. The molecule has 2 aromatic rings. The lowest BCUT2D eigenvalue weighted by molar-refractivity contribution is 0.0855. The normalized spacial score (nSPS) is 27.0. The quantitative estimate of drug-likeness (QED) is 0.783. The Morgan fingerprint density at radius 3 is 2.53 bits per heavy atom. The van der Waals surface area contributed by atoms with E-state index in [1.54, 1.807) is 6.33 Å². The van der Waals surface area contributed by atoms with Crippen molar-refractivity contribution in [3.05, 3.63) is 23.8 Å². The number of aliphatic hydroxyl groups is 1. The highest BCUT2D eigenvalue weighted by molar-refractivity contribution is 5.83. The molecule has 0 radical (unpaired) electrons. The summed E-state index contributed by atoms with van der Waals surface area (Å²) < 4.78 is 7.46. The summed E-state index contributed by atoms with van der Waals surface area (Å²) in [5.74, 6) is 1.17. The molecule has 5 rings (SSSR count). The summed E-state index contributed by atoms with van der Waals surface area (Å²) in [5.41, 5.74) is 3.38. The molecule has 7 heteroatoms. The maximum Gasteiger partial charge on any atom is 0.145 e. The summed E-state index contributed by atoms with van der Waals surface area (Å²) >= 11 is 0. The van der Waals surface area contributed by atoms with Crippen LogP contribution in [0.25, 0.3) is 11.0 Å². The molecule has 2 saturated heterocycles. The second-order valence-electron chi connectivity index (χ2n) is 9.27. The molecule has 0 unspecified atom stereocenters. The summed E-state index contributed by atoms with van der Waals surface area (Å²) in [6.07, 6.45) is 12.1. The molecule has 0 bridgehead atoms. The van der Waals surface area contributed by atoms with Crippen molar-refractivity contribution in [1.82, 2.24) is 24.8 Å². The van der Waals surface area contributed by atoms with E-state index in [1.807, 2.05) is 4.57 Å². The molecule has 1 saturated carbocycles. The molecule has 2 N–H and O–H groups in total. The Kier molecular flexibility index (Phi) is 6.32. The van der Waals surface area contributed by atoms with Gasteiger partial charge < -0.3 is 19.7 Å². The largest absolute Gasteiger partial charge is 0.381 e. The average Bonchev–Trinajstić information content (AvgIpc) is 3.21. The van der Waals surface area contributed by atoms with Crippen molar-refractivity contribution in [2.45, 2.75) is 63.6 Å². The molecular weight excluding hydrogens is 378 g/mol. The average molecular weight is 414 g/mol. The van der Waals surface area contributed by atoms with Gasteiger partial charge in [0.2, 0.25) is 0 Å². The monoisotopic (exact) mass is 413 g/mol. The zero-order chi connectivity index (χ0) is 20.3. The smallest absolute Gasteiger partial charge is 0.145 e. The van der Waals surface area contributed by atoms with Crippen molar-refractivity contribution in [3.63, 3.8) is 0 Å². The summed E-state index contributed by atoms with van der Waals surface area (Å²) in [6.45, 7) is 6.26. The van der Waals surface area contributed by atoms with Crippen LogP contribution in [0.4, 0.5) is 0 Å². The molecule has 3 aliphatic rings. The van der Waals surface area contributed by atoms with Gasteiger partial charge in [-0.15, -0.1) is 0 Å². The van der Waals surface area contributed by atoms with Crippen LogP contribution in [0.15, 0.2) is 12.5 Å². The SMILES string of the molecule is OCn1cc(C2CCOCC2)c2c(CC3CCC(N4CCNCC4)CC3)ncnc21. The third-order valence-corrected chi connectivity index (χ3v) is 7.54. The van der Waals surface area contributed by atoms with Crippen LogP contribution in [0.5, 0.6) is 0 Å². The van der Waals surface area contributed by atoms with E-state index >= 15 is 0 Å². The van der Waals surface area contributed by atoms with Crippen molar-refractivity contribution in [1.29, 1.82) is 0 Å². The van der Waals surface area contributed by atoms with Crippen LogP contribution in [0.2, 0.25) is 0 Å². The van der Waals surface area contributed by atoms with Crippen LogP contribution in [0, 0.1) is 5.92 Å². The maximum absolute atomic E-state index is 9.88. The zero-order valence-corrected chi connectivity index (χ0v) is 17.9. The van der Waals surface area contributed by atoms with Gasteiger partial charge in [0.15, 0.2) is 0 Å². The fourth-order valence-electron chi connectivity index (χ4n) is 5.83. The highest BCUT2D eigenvalue weighted by Gasteiger charge is 2.29. The first-order valence-electron chi connectivity index (χ1n) is 11.8. The highest BCUT2D eigenvalue weighted by Crippen LogP contribution is 2.37. The van der Waals surface area contributed by atoms with E-state index in [1.165, 1.54) is 55.4 Å². The van der Waals surface area contributed by atoms with Crippen LogP contribution in [0.3, 0.4) is 0 Å². The number of rotatable bonds is 5. The van der Waals surface area contributed by atoms with E-state index in [4.69, 9.17) is 9.72 Å². The lowest BCUT2D eigenvalue weighted by Crippen LogP contribution is -2.49. The van der Waals surface area contributed by atoms with E-state index in [0.29, 0.717) is 11.8 Å². The van der Waals surface area contributed by atoms with Crippen molar-refractivity contribution in [2.75, 3.05) is 39.4 Å². The van der Waals surface area contributed by atoms with Crippen LogP contribution < -0.4 is 5.32 Å². The zero-order valence-electron chi connectivity index (χ0n) is 17.9. The predicted molar refractivity (Wildman–Crippen MR) is 116 cm³/mol. The van der Waals surface area contributed by atoms with E-state index in [0.717, 1.165) is 57.3 Å². The molecule has 164 valence electrons. The van der Waals surface area contributed by atoms with Gasteiger partial charge in [-0.05, 0) is 62.3 Å². The van der Waals surface area contributed by atoms with E-state index < -0.39 is 0 Å². The third kappa shape index (κ3) is 4.13. The van der Waals surface area contributed by atoms with Crippen molar-refractivity contribution in [3.8, 4) is 0 Å². The van der Waals surface area contributed by atoms with Gasteiger partial charge >= 0.3 is 0 Å². The fourth-order valence-corrected chi connectivity index (χ4v) is 5.83. The van der Waals surface area contributed by atoms with Crippen LogP contribution in [0.1, 0.15) is 55.7 Å². The highest BCUT2D eigenvalue weighted by atomic mass is 16.5. The summed E-state index contributed by atoms with van der Waals surface area (Å²) in [4.78, 5) is 12.0. The van der Waals surface area contributed by atoms with Crippen LogP contribution in [-0.2, 0) is 17.9 Å². The number of fused-ring (bicyclic) bond motifs is 1. The van der Waals surface area contributed by atoms with Crippen molar-refractivity contribution < 1.29 is 9.84 Å². The molecular formula is C23H35N5O2. The minimum atomic E-state index is -0.0357. The minimum absolute atomic E-state index is 0.0357. The summed E-state index contributed by atoms with van der Waals surface area (Å²) in [7, 11) is 0. The lowest BCUT2D eigenvalue weighted by Gasteiger charge is -2.39. The van der Waals surface area contributed by atoms with Gasteiger partial charge in [0, 0.05) is 57.0 Å². The van der Waals surface area contributed by atoms with Crippen LogP contribution in [-0.4, -0.2) is 70.0 Å². The van der Waals surface area contributed by atoms with Gasteiger partial charge in [-0.2, -0.15) is 0 Å². The second kappa shape index (κ2) is 9.30. The van der Waals surface area contributed by atoms with Gasteiger partial charge in [0.1, 0.15) is 18.7 Å². The summed E-state index contributed by atoms with van der Waals surface area (Å²) in [6, 6.07) is 0.766. The molecule has 1 aliphatic carbocycles. The van der Waals surface area contributed by atoms with Crippen molar-refractivity contribution >= 4 is 11.0 Å². The number of piperazine rings is 1. The van der Waals surface area contributed by atoms with Gasteiger partial charge in [0.25, 0.3) is 0 Å². The maximum atomic E-state index is 9.88. The van der Waals surface area contributed by atoms with E-state index in [-0.39, 0.29) is 6.73 Å². The number of hydrogen-bond acceptors (Lipinski definition) is 6. The number of aromatic nitrogens is 3. The number of aliphatic hydroxyl groups excluding tert-OH is 1. The van der Waals surface area contributed by atoms with Gasteiger partial charge in [0.05, 0.1) is 5.69 Å². The van der Waals surface area contributed by atoms with E-state index in [9.17, 15) is 5.11 Å². The molecule has 30 heavy (non-hydrogen) atoms.